The minimum absolute atomic E-state index is 0.121. The summed E-state index contributed by atoms with van der Waals surface area (Å²) >= 11 is 0. The highest BCUT2D eigenvalue weighted by Crippen LogP contribution is 2.53. The van der Waals surface area contributed by atoms with Crippen molar-refractivity contribution in [2.24, 2.45) is 23.8 Å². The third-order valence-electron chi connectivity index (χ3n) is 9.84. The van der Waals surface area contributed by atoms with E-state index in [1.807, 2.05) is 0 Å². The second-order valence-corrected chi connectivity index (χ2v) is 16.1. The molecule has 0 amide bonds. The van der Waals surface area contributed by atoms with Crippen molar-refractivity contribution in [2.75, 3.05) is 0 Å². The van der Waals surface area contributed by atoms with Crippen molar-refractivity contribution in [3.05, 3.63) is 77.0 Å². The Morgan fingerprint density at radius 3 is 2.19 bits per heavy atom. The van der Waals surface area contributed by atoms with Crippen LogP contribution in [0.15, 0.2) is 54.7 Å². The van der Waals surface area contributed by atoms with Crippen LogP contribution in [0.3, 0.4) is 0 Å². The van der Waals surface area contributed by atoms with E-state index in [9.17, 15) is 0 Å². The Morgan fingerprint density at radius 1 is 0.767 bits per heavy atom. The number of rotatable bonds is 4. The summed E-state index contributed by atoms with van der Waals surface area (Å²) in [7, 11) is 2.20. The zero-order valence-corrected chi connectivity index (χ0v) is 27.6. The van der Waals surface area contributed by atoms with Gasteiger partial charge in [0.25, 0.3) is 0 Å². The van der Waals surface area contributed by atoms with Gasteiger partial charge in [-0.05, 0) is 87.2 Å². The molecule has 4 aromatic carbocycles. The number of benzene rings is 4. The van der Waals surface area contributed by atoms with Gasteiger partial charge in [-0.3, -0.25) is 0 Å². The Bertz CT molecular complexity index is 1910. The number of nitrogens with zero attached hydrogens (tertiary/aromatic N) is 1. The lowest BCUT2D eigenvalue weighted by Crippen LogP contribution is -2.32. The van der Waals surface area contributed by atoms with Crippen LogP contribution < -0.4 is 9.30 Å². The van der Waals surface area contributed by atoms with Crippen LogP contribution in [-0.4, -0.2) is 0 Å². The second kappa shape index (κ2) is 10.1. The molecule has 0 saturated heterocycles. The monoisotopic (exact) mass is 570 g/mol. The van der Waals surface area contributed by atoms with Crippen LogP contribution in [0.25, 0.3) is 43.6 Å². The molecule has 0 unspecified atom stereocenters. The Balaban J connectivity index is 1.49. The van der Waals surface area contributed by atoms with Gasteiger partial charge in [0.15, 0.2) is 6.20 Å². The highest BCUT2D eigenvalue weighted by Gasteiger charge is 2.34. The van der Waals surface area contributed by atoms with E-state index >= 15 is 0 Å². The first-order valence-electron chi connectivity index (χ1n) is 16.5. The molecular weight excluding hydrogens is 522 g/mol. The van der Waals surface area contributed by atoms with E-state index in [0.29, 0.717) is 0 Å². The molecule has 1 aliphatic heterocycles. The summed E-state index contributed by atoms with van der Waals surface area (Å²) in [6.07, 6.45) is 11.0. The van der Waals surface area contributed by atoms with Gasteiger partial charge in [-0.1, -0.05) is 104 Å². The van der Waals surface area contributed by atoms with Gasteiger partial charge in [0.2, 0.25) is 5.69 Å². The molecule has 0 radical (unpaired) electrons. The van der Waals surface area contributed by atoms with Crippen molar-refractivity contribution in [1.29, 1.82) is 0 Å². The van der Waals surface area contributed by atoms with E-state index in [2.05, 4.69) is 115 Å². The van der Waals surface area contributed by atoms with Crippen LogP contribution in [0.1, 0.15) is 89.5 Å². The number of aryl methyl sites for hydroxylation is 2. The summed E-state index contributed by atoms with van der Waals surface area (Å²) in [5, 5.41) is 7.84. The van der Waals surface area contributed by atoms with Crippen molar-refractivity contribution in [2.45, 2.75) is 93.4 Å². The van der Waals surface area contributed by atoms with E-state index < -0.39 is 0 Å². The molecule has 2 heterocycles. The molecule has 1 saturated carbocycles. The predicted molar refractivity (Wildman–Crippen MR) is 182 cm³/mol. The first-order valence-corrected chi connectivity index (χ1v) is 16.5. The highest BCUT2D eigenvalue weighted by molar-refractivity contribution is 6.16. The molecule has 1 aromatic heterocycles. The quantitative estimate of drug-likeness (QED) is 0.152. The maximum atomic E-state index is 7.15. The van der Waals surface area contributed by atoms with Gasteiger partial charge in [0.05, 0.1) is 10.9 Å². The van der Waals surface area contributed by atoms with Gasteiger partial charge in [0.1, 0.15) is 18.5 Å². The number of ether oxygens (including phenoxy) is 1. The van der Waals surface area contributed by atoms with E-state index in [4.69, 9.17) is 4.74 Å². The van der Waals surface area contributed by atoms with Gasteiger partial charge >= 0.3 is 0 Å². The summed E-state index contributed by atoms with van der Waals surface area (Å²) < 4.78 is 9.47. The Kier molecular flexibility index (Phi) is 6.65. The molecule has 2 aliphatic rings. The Labute approximate surface area is 258 Å². The SMILES string of the molecule is Cc1c2c(c(CC(C)(C)C)c3ccc(CC(C)(C)C)cc13)Oc1cc3cc(CC4CCCC4)ccc3c3cc[n+](C)c-2c13. The normalized spacial score (nSPS) is 15.4. The van der Waals surface area contributed by atoms with Crippen molar-refractivity contribution >= 4 is 32.3 Å². The van der Waals surface area contributed by atoms with Gasteiger partial charge in [-0.25, -0.2) is 4.57 Å². The molecule has 222 valence electrons. The number of hydrogen-bond acceptors (Lipinski definition) is 1. The molecular formula is C41H48NO+. The van der Waals surface area contributed by atoms with Crippen molar-refractivity contribution in [3.8, 4) is 22.8 Å². The van der Waals surface area contributed by atoms with Gasteiger partial charge in [-0.15, -0.1) is 0 Å². The fourth-order valence-corrected chi connectivity index (χ4v) is 8.05. The third kappa shape index (κ3) is 5.11. The summed E-state index contributed by atoms with van der Waals surface area (Å²) in [4.78, 5) is 0. The molecule has 2 heteroatoms. The number of pyridine rings is 1. The topological polar surface area (TPSA) is 13.1 Å². The van der Waals surface area contributed by atoms with E-state index in [0.717, 1.165) is 30.3 Å². The number of hydrogen-bond donors (Lipinski definition) is 0. The van der Waals surface area contributed by atoms with Gasteiger partial charge in [0, 0.05) is 17.0 Å². The molecule has 0 atom stereocenters. The molecule has 0 N–H and O–H groups in total. The van der Waals surface area contributed by atoms with Crippen LogP contribution in [0.4, 0.5) is 0 Å². The Hall–Kier alpha value is -3.39. The highest BCUT2D eigenvalue weighted by atomic mass is 16.5. The van der Waals surface area contributed by atoms with Crippen LogP contribution in [0, 0.1) is 23.7 Å². The molecule has 1 aliphatic carbocycles. The van der Waals surface area contributed by atoms with Crippen LogP contribution in [0.2, 0.25) is 0 Å². The molecule has 5 aromatic rings. The largest absolute Gasteiger partial charge is 0.455 e. The van der Waals surface area contributed by atoms with Gasteiger partial charge < -0.3 is 4.74 Å². The fourth-order valence-electron chi connectivity index (χ4n) is 8.05. The van der Waals surface area contributed by atoms with E-state index in [1.165, 1.54) is 97.9 Å². The Morgan fingerprint density at radius 2 is 1.47 bits per heavy atom. The lowest BCUT2D eigenvalue weighted by Gasteiger charge is -2.29. The zero-order chi connectivity index (χ0) is 30.3. The van der Waals surface area contributed by atoms with Crippen molar-refractivity contribution in [1.82, 2.24) is 0 Å². The molecule has 0 bridgehead atoms. The first-order chi connectivity index (χ1) is 20.4. The lowest BCUT2D eigenvalue weighted by atomic mass is 9.80. The van der Waals surface area contributed by atoms with Crippen molar-refractivity contribution in [3.63, 3.8) is 0 Å². The summed E-state index contributed by atoms with van der Waals surface area (Å²) in [5.41, 5.74) is 8.42. The standard InChI is InChI=1S/C41H48NO/c1-25-33-21-28(23-40(2,3)4)14-16-31(33)34(24-41(5,6)7)39-36(25)38-37-32(17-18-42(38)8)30-15-13-27(19-26-11-9-10-12-26)20-29(30)22-35(37)43-39/h13-18,20-22,26H,9-12,19,23-24H2,1-8H3/q+1. The number of aromatic nitrogens is 1. The molecule has 43 heavy (non-hydrogen) atoms. The maximum absolute atomic E-state index is 7.15. The average Bonchev–Trinajstić information content (AvgIpc) is 3.43. The smallest absolute Gasteiger partial charge is 0.228 e. The predicted octanol–water partition coefficient (Wildman–Crippen LogP) is 11.0. The van der Waals surface area contributed by atoms with Crippen molar-refractivity contribution < 1.29 is 9.30 Å². The maximum Gasteiger partial charge on any atom is 0.228 e. The average molecular weight is 571 g/mol. The lowest BCUT2D eigenvalue weighted by molar-refractivity contribution is -0.659. The second-order valence-electron chi connectivity index (χ2n) is 16.1. The molecule has 0 spiro atoms. The van der Waals surface area contributed by atoms with E-state index in [1.54, 1.807) is 0 Å². The van der Waals surface area contributed by atoms with Gasteiger partial charge in [-0.2, -0.15) is 0 Å². The minimum Gasteiger partial charge on any atom is -0.455 e. The zero-order valence-electron chi connectivity index (χ0n) is 27.6. The van der Waals surface area contributed by atoms with Crippen LogP contribution in [0.5, 0.6) is 11.5 Å². The van der Waals surface area contributed by atoms with E-state index in [-0.39, 0.29) is 10.8 Å². The number of fused-ring (bicyclic) bond motifs is 5. The molecule has 7 rings (SSSR count). The molecule has 1 fully saturated rings. The fraction of sp³-hybridized carbons (Fsp3) is 0.439. The summed E-state index contributed by atoms with van der Waals surface area (Å²) in [6.45, 7) is 16.3. The van der Waals surface area contributed by atoms with Crippen LogP contribution >= 0.6 is 0 Å². The summed E-state index contributed by atoms with van der Waals surface area (Å²) in [5.74, 6) is 2.89. The summed E-state index contributed by atoms with van der Waals surface area (Å²) in [6, 6.07) is 19.0. The minimum atomic E-state index is 0.121. The first kappa shape index (κ1) is 28.4. The van der Waals surface area contributed by atoms with Crippen LogP contribution in [-0.2, 0) is 26.3 Å². The molecule has 2 nitrogen and oxygen atoms in total. The third-order valence-corrected chi connectivity index (χ3v) is 9.84.